The molecule has 1 aliphatic carbocycles. The Morgan fingerprint density at radius 1 is 1.07 bits per heavy atom. The van der Waals surface area contributed by atoms with Crippen molar-refractivity contribution >= 4 is 5.78 Å². The number of unbranched alkanes of at least 4 members (excludes halogenated alkanes) is 2. The summed E-state index contributed by atoms with van der Waals surface area (Å²) in [4.78, 5) is 10.7. The Morgan fingerprint density at radius 3 is 2.43 bits per heavy atom. The predicted octanol–water partition coefficient (Wildman–Crippen LogP) is 4.06. The zero-order valence-corrected chi connectivity index (χ0v) is 9.48. The third-order valence-corrected chi connectivity index (χ3v) is 3.12. The van der Waals surface area contributed by atoms with Gasteiger partial charge in [-0.25, -0.2) is 0 Å². The largest absolute Gasteiger partial charge is 0.300 e. The molecule has 81 valence electrons. The van der Waals surface area contributed by atoms with Crippen LogP contribution in [0.25, 0.3) is 0 Å². The van der Waals surface area contributed by atoms with Crippen LogP contribution in [0.4, 0.5) is 0 Å². The molecule has 0 saturated heterocycles. The van der Waals surface area contributed by atoms with Crippen LogP contribution in [-0.2, 0) is 4.79 Å². The molecule has 0 aromatic carbocycles. The zero-order chi connectivity index (χ0) is 10.2. The van der Waals surface area contributed by atoms with Crippen molar-refractivity contribution in [3.8, 4) is 0 Å². The van der Waals surface area contributed by atoms with Gasteiger partial charge in [0.2, 0.25) is 0 Å². The molecular formula is C13H23O. The van der Waals surface area contributed by atoms with Gasteiger partial charge in [-0.3, -0.25) is 0 Å². The Bertz CT molecular complexity index is 157. The zero-order valence-electron chi connectivity index (χ0n) is 9.48. The van der Waals surface area contributed by atoms with Crippen molar-refractivity contribution in [2.75, 3.05) is 0 Å². The summed E-state index contributed by atoms with van der Waals surface area (Å²) < 4.78 is 0. The lowest BCUT2D eigenvalue weighted by molar-refractivity contribution is -0.117. The van der Waals surface area contributed by atoms with Crippen molar-refractivity contribution in [1.82, 2.24) is 0 Å². The first-order chi connectivity index (χ1) is 6.79. The molecule has 1 aliphatic rings. The molecule has 0 aliphatic heterocycles. The molecule has 0 amide bonds. The third kappa shape index (κ3) is 5.41. The van der Waals surface area contributed by atoms with Gasteiger partial charge in [0.05, 0.1) is 0 Å². The quantitative estimate of drug-likeness (QED) is 0.584. The summed E-state index contributed by atoms with van der Waals surface area (Å²) in [5, 5.41) is 0. The predicted molar refractivity (Wildman–Crippen MR) is 60.1 cm³/mol. The maximum atomic E-state index is 10.7. The Hall–Kier alpha value is -0.330. The van der Waals surface area contributed by atoms with E-state index in [4.69, 9.17) is 0 Å². The Morgan fingerprint density at radius 2 is 1.79 bits per heavy atom. The topological polar surface area (TPSA) is 17.1 Å². The molecule has 1 saturated carbocycles. The van der Waals surface area contributed by atoms with Gasteiger partial charge in [-0.15, -0.1) is 0 Å². The van der Waals surface area contributed by atoms with E-state index >= 15 is 0 Å². The van der Waals surface area contributed by atoms with Crippen LogP contribution in [0.15, 0.2) is 0 Å². The SMILES string of the molecule is CC(=O)CCCCC[C]1CCCCC1. The molecule has 0 unspecified atom stereocenters. The highest BCUT2D eigenvalue weighted by Crippen LogP contribution is 2.29. The smallest absolute Gasteiger partial charge is 0.129 e. The molecule has 1 fully saturated rings. The van der Waals surface area contributed by atoms with E-state index in [2.05, 4.69) is 0 Å². The number of hydrogen-bond acceptors (Lipinski definition) is 1. The van der Waals surface area contributed by atoms with Crippen LogP contribution in [0.1, 0.15) is 71.1 Å². The van der Waals surface area contributed by atoms with Crippen LogP contribution >= 0.6 is 0 Å². The lowest BCUT2D eigenvalue weighted by atomic mass is 9.85. The Kier molecular flexibility index (Phi) is 5.89. The molecule has 14 heavy (non-hydrogen) atoms. The number of carbonyl (C=O) groups is 1. The van der Waals surface area contributed by atoms with E-state index in [0.29, 0.717) is 5.78 Å². The maximum Gasteiger partial charge on any atom is 0.129 e. The van der Waals surface area contributed by atoms with Gasteiger partial charge in [0, 0.05) is 6.42 Å². The lowest BCUT2D eigenvalue weighted by Gasteiger charge is -2.20. The molecule has 0 aromatic heterocycles. The fourth-order valence-corrected chi connectivity index (χ4v) is 2.23. The molecule has 1 rings (SSSR count). The highest BCUT2D eigenvalue weighted by Gasteiger charge is 2.12. The van der Waals surface area contributed by atoms with Gasteiger partial charge in [-0.1, -0.05) is 32.1 Å². The maximum absolute atomic E-state index is 10.7. The normalized spacial score (nSPS) is 18.4. The molecule has 0 heterocycles. The minimum absolute atomic E-state index is 0.343. The highest BCUT2D eigenvalue weighted by atomic mass is 16.1. The van der Waals surface area contributed by atoms with E-state index in [9.17, 15) is 4.79 Å². The van der Waals surface area contributed by atoms with Gasteiger partial charge < -0.3 is 4.79 Å². The molecule has 0 N–H and O–H groups in total. The monoisotopic (exact) mass is 195 g/mol. The van der Waals surface area contributed by atoms with Crippen molar-refractivity contribution in [1.29, 1.82) is 0 Å². The van der Waals surface area contributed by atoms with Crippen molar-refractivity contribution < 1.29 is 4.79 Å². The van der Waals surface area contributed by atoms with Crippen LogP contribution in [0.5, 0.6) is 0 Å². The minimum atomic E-state index is 0.343. The summed E-state index contributed by atoms with van der Waals surface area (Å²) in [6.07, 6.45) is 12.8. The van der Waals surface area contributed by atoms with Crippen molar-refractivity contribution in [3.05, 3.63) is 5.92 Å². The second-order valence-corrected chi connectivity index (χ2v) is 4.57. The number of ketones is 1. The fourth-order valence-electron chi connectivity index (χ4n) is 2.23. The van der Waals surface area contributed by atoms with E-state index in [1.54, 1.807) is 12.8 Å². The number of Topliss-reactive ketones (excluding diaryl/α,β-unsaturated/α-hetero) is 1. The Labute approximate surface area is 88.3 Å². The molecule has 0 atom stereocenters. The average Bonchev–Trinajstić information content (AvgIpc) is 2.18. The molecular weight excluding hydrogens is 172 g/mol. The summed E-state index contributed by atoms with van der Waals surface area (Å²) in [5.41, 5.74) is 0. The third-order valence-electron chi connectivity index (χ3n) is 3.12. The second kappa shape index (κ2) is 7.03. The van der Waals surface area contributed by atoms with Crippen LogP contribution in [0.2, 0.25) is 0 Å². The lowest BCUT2D eigenvalue weighted by Crippen LogP contribution is -2.03. The van der Waals surface area contributed by atoms with Crippen LogP contribution < -0.4 is 0 Å². The van der Waals surface area contributed by atoms with Gasteiger partial charge in [0.15, 0.2) is 0 Å². The van der Waals surface area contributed by atoms with Gasteiger partial charge in [-0.05, 0) is 38.5 Å². The molecule has 1 radical (unpaired) electrons. The number of rotatable bonds is 6. The van der Waals surface area contributed by atoms with E-state index in [1.165, 1.54) is 51.4 Å². The molecule has 1 heteroatoms. The molecule has 0 bridgehead atoms. The van der Waals surface area contributed by atoms with Gasteiger partial charge in [-0.2, -0.15) is 0 Å². The first-order valence-corrected chi connectivity index (χ1v) is 6.12. The number of hydrogen-bond donors (Lipinski definition) is 0. The number of carbonyl (C=O) groups excluding carboxylic acids is 1. The summed E-state index contributed by atoms with van der Waals surface area (Å²) in [6, 6.07) is 0. The van der Waals surface area contributed by atoms with Gasteiger partial charge >= 0.3 is 0 Å². The molecule has 0 aromatic rings. The first kappa shape index (κ1) is 11.7. The van der Waals surface area contributed by atoms with Crippen LogP contribution in [0, 0.1) is 5.92 Å². The van der Waals surface area contributed by atoms with Crippen molar-refractivity contribution in [2.45, 2.75) is 71.1 Å². The first-order valence-electron chi connectivity index (χ1n) is 6.12. The fraction of sp³-hybridized carbons (Fsp3) is 0.846. The van der Waals surface area contributed by atoms with Crippen LogP contribution in [-0.4, -0.2) is 5.78 Å². The second-order valence-electron chi connectivity index (χ2n) is 4.57. The summed E-state index contributed by atoms with van der Waals surface area (Å²) in [6.45, 7) is 1.69. The minimum Gasteiger partial charge on any atom is -0.300 e. The summed E-state index contributed by atoms with van der Waals surface area (Å²) >= 11 is 0. The van der Waals surface area contributed by atoms with Gasteiger partial charge in [0.25, 0.3) is 0 Å². The molecule has 0 spiro atoms. The van der Waals surface area contributed by atoms with Crippen LogP contribution in [0.3, 0.4) is 0 Å². The van der Waals surface area contributed by atoms with Crippen molar-refractivity contribution in [2.24, 2.45) is 0 Å². The summed E-state index contributed by atoms with van der Waals surface area (Å²) in [5.74, 6) is 2.13. The standard InChI is InChI=1S/C13H23O/c1-12(14)8-4-2-5-9-13-10-6-3-7-11-13/h2-11H2,1H3. The van der Waals surface area contributed by atoms with Gasteiger partial charge in [0.1, 0.15) is 5.78 Å². The van der Waals surface area contributed by atoms with E-state index in [-0.39, 0.29) is 0 Å². The average molecular weight is 195 g/mol. The van der Waals surface area contributed by atoms with E-state index in [1.807, 2.05) is 0 Å². The highest BCUT2D eigenvalue weighted by molar-refractivity contribution is 5.75. The summed E-state index contributed by atoms with van der Waals surface area (Å²) in [7, 11) is 0. The van der Waals surface area contributed by atoms with Crippen molar-refractivity contribution in [3.63, 3.8) is 0 Å². The Balaban J connectivity index is 1.90. The van der Waals surface area contributed by atoms with E-state index in [0.717, 1.165) is 12.8 Å². The molecule has 1 nitrogen and oxygen atoms in total. The van der Waals surface area contributed by atoms with E-state index < -0.39 is 0 Å².